The second kappa shape index (κ2) is 7.91. The van der Waals surface area contributed by atoms with Crippen molar-refractivity contribution in [2.24, 2.45) is 0 Å². The van der Waals surface area contributed by atoms with Crippen LogP contribution in [-0.4, -0.2) is 25.6 Å². The van der Waals surface area contributed by atoms with Crippen LogP contribution in [0.1, 0.15) is 44.8 Å². The summed E-state index contributed by atoms with van der Waals surface area (Å²) in [6.07, 6.45) is 3.96. The zero-order valence-electron chi connectivity index (χ0n) is 15.3. The van der Waals surface area contributed by atoms with E-state index in [1.807, 2.05) is 32.0 Å². The lowest BCUT2D eigenvalue weighted by molar-refractivity contribution is -0.118. The van der Waals surface area contributed by atoms with E-state index in [2.05, 4.69) is 5.32 Å². The predicted octanol–water partition coefficient (Wildman–Crippen LogP) is 4.05. The average molecular weight is 373 g/mol. The van der Waals surface area contributed by atoms with E-state index in [1.54, 1.807) is 0 Å². The van der Waals surface area contributed by atoms with E-state index in [1.165, 1.54) is 23.3 Å². The van der Waals surface area contributed by atoms with E-state index < -0.39 is 5.97 Å². The zero-order valence-corrected chi connectivity index (χ0v) is 16.1. The van der Waals surface area contributed by atoms with Crippen LogP contribution in [-0.2, 0) is 22.4 Å². The molecule has 0 saturated heterocycles. The maximum atomic E-state index is 12.4. The molecule has 0 spiro atoms. The summed E-state index contributed by atoms with van der Waals surface area (Å²) >= 11 is 1.47. The van der Waals surface area contributed by atoms with E-state index in [0.29, 0.717) is 16.3 Å². The van der Waals surface area contributed by atoms with Crippen LogP contribution in [0.2, 0.25) is 0 Å². The smallest absolute Gasteiger partial charge is 0.341 e. The third-order valence-corrected chi connectivity index (χ3v) is 5.72. The van der Waals surface area contributed by atoms with E-state index >= 15 is 0 Å². The standard InChI is InChI=1S/C20H23NO4S/c1-12-8-9-13(2)15(10-12)25-11-17(22)21-19-18(20(23)24-3)14-6-4-5-7-16(14)26-19/h8-10H,4-7,11H2,1-3H3,(H,21,22). The number of hydrogen-bond donors (Lipinski definition) is 1. The van der Waals surface area contributed by atoms with Crippen LogP contribution >= 0.6 is 11.3 Å². The summed E-state index contributed by atoms with van der Waals surface area (Å²) in [5, 5.41) is 3.41. The molecule has 1 aliphatic carbocycles. The van der Waals surface area contributed by atoms with Crippen LogP contribution < -0.4 is 10.1 Å². The molecule has 6 heteroatoms. The normalized spacial score (nSPS) is 13.0. The number of methoxy groups -OCH3 is 1. The van der Waals surface area contributed by atoms with Gasteiger partial charge in [0.15, 0.2) is 6.61 Å². The molecule has 1 aliphatic rings. The highest BCUT2D eigenvalue weighted by Crippen LogP contribution is 2.38. The molecule has 2 aromatic rings. The van der Waals surface area contributed by atoms with Crippen LogP contribution in [0.25, 0.3) is 0 Å². The first-order chi connectivity index (χ1) is 12.5. The van der Waals surface area contributed by atoms with E-state index in [-0.39, 0.29) is 12.5 Å². The van der Waals surface area contributed by atoms with Crippen molar-refractivity contribution in [3.63, 3.8) is 0 Å². The van der Waals surface area contributed by atoms with E-state index in [0.717, 1.165) is 42.4 Å². The van der Waals surface area contributed by atoms with Crippen molar-refractivity contribution in [1.82, 2.24) is 0 Å². The molecule has 0 fully saturated rings. The van der Waals surface area contributed by atoms with Gasteiger partial charge in [0.25, 0.3) is 5.91 Å². The van der Waals surface area contributed by atoms with Crippen LogP contribution in [0, 0.1) is 13.8 Å². The van der Waals surface area contributed by atoms with Crippen LogP contribution in [0.15, 0.2) is 18.2 Å². The van der Waals surface area contributed by atoms with Gasteiger partial charge in [0.1, 0.15) is 10.8 Å². The van der Waals surface area contributed by atoms with Gasteiger partial charge in [0.05, 0.1) is 12.7 Å². The molecule has 0 atom stereocenters. The lowest BCUT2D eigenvalue weighted by Crippen LogP contribution is -2.21. The van der Waals surface area contributed by atoms with Crippen LogP contribution in [0.4, 0.5) is 5.00 Å². The number of thiophene rings is 1. The lowest BCUT2D eigenvalue weighted by atomic mass is 9.95. The highest BCUT2D eigenvalue weighted by Gasteiger charge is 2.26. The first kappa shape index (κ1) is 18.5. The fourth-order valence-electron chi connectivity index (χ4n) is 3.14. The van der Waals surface area contributed by atoms with Gasteiger partial charge in [-0.1, -0.05) is 12.1 Å². The Morgan fingerprint density at radius 2 is 1.96 bits per heavy atom. The molecule has 5 nitrogen and oxygen atoms in total. The number of carbonyl (C=O) groups excluding carboxylic acids is 2. The van der Waals surface area contributed by atoms with Crippen molar-refractivity contribution in [2.75, 3.05) is 19.0 Å². The first-order valence-electron chi connectivity index (χ1n) is 8.72. The largest absolute Gasteiger partial charge is 0.483 e. The molecule has 0 bridgehead atoms. The van der Waals surface area contributed by atoms with Gasteiger partial charge in [-0.25, -0.2) is 4.79 Å². The molecular weight excluding hydrogens is 350 g/mol. The summed E-state index contributed by atoms with van der Waals surface area (Å²) in [5.74, 6) is 0.0172. The maximum Gasteiger partial charge on any atom is 0.341 e. The third kappa shape index (κ3) is 3.90. The molecule has 3 rings (SSSR count). The third-order valence-electron chi connectivity index (χ3n) is 4.52. The minimum atomic E-state index is -0.393. The fraction of sp³-hybridized carbons (Fsp3) is 0.400. The molecule has 0 aliphatic heterocycles. The Morgan fingerprint density at radius 3 is 2.73 bits per heavy atom. The number of amides is 1. The van der Waals surface area contributed by atoms with Crippen molar-refractivity contribution >= 4 is 28.2 Å². The molecule has 1 aromatic carbocycles. The molecule has 0 saturated carbocycles. The summed E-state index contributed by atoms with van der Waals surface area (Å²) < 4.78 is 10.6. The van der Waals surface area contributed by atoms with Gasteiger partial charge in [0, 0.05) is 4.88 Å². The number of fused-ring (bicyclic) bond motifs is 1. The summed E-state index contributed by atoms with van der Waals surface area (Å²) in [6, 6.07) is 5.87. The number of rotatable bonds is 5. The van der Waals surface area contributed by atoms with Gasteiger partial charge in [-0.05, 0) is 62.3 Å². The number of anilines is 1. The fourth-order valence-corrected chi connectivity index (χ4v) is 4.43. The van der Waals surface area contributed by atoms with Crippen molar-refractivity contribution in [3.05, 3.63) is 45.3 Å². The van der Waals surface area contributed by atoms with Gasteiger partial charge in [0.2, 0.25) is 0 Å². The Morgan fingerprint density at radius 1 is 1.19 bits per heavy atom. The molecule has 0 unspecified atom stereocenters. The summed E-state index contributed by atoms with van der Waals surface area (Å²) in [7, 11) is 1.37. The highest BCUT2D eigenvalue weighted by molar-refractivity contribution is 7.17. The topological polar surface area (TPSA) is 64.6 Å². The first-order valence-corrected chi connectivity index (χ1v) is 9.54. The van der Waals surface area contributed by atoms with Crippen molar-refractivity contribution in [3.8, 4) is 5.75 Å². The molecule has 1 heterocycles. The van der Waals surface area contributed by atoms with Crippen molar-refractivity contribution in [2.45, 2.75) is 39.5 Å². The Hall–Kier alpha value is -2.34. The molecule has 26 heavy (non-hydrogen) atoms. The van der Waals surface area contributed by atoms with E-state index in [9.17, 15) is 9.59 Å². The Kier molecular flexibility index (Phi) is 5.61. The van der Waals surface area contributed by atoms with Crippen molar-refractivity contribution in [1.29, 1.82) is 0 Å². The number of ether oxygens (including phenoxy) is 2. The summed E-state index contributed by atoms with van der Waals surface area (Å²) in [6.45, 7) is 3.81. The average Bonchev–Trinajstić information content (AvgIpc) is 2.99. The Bertz CT molecular complexity index is 841. The van der Waals surface area contributed by atoms with Crippen molar-refractivity contribution < 1.29 is 19.1 Å². The maximum absolute atomic E-state index is 12.4. The minimum absolute atomic E-state index is 0.104. The Balaban J connectivity index is 1.74. The monoisotopic (exact) mass is 373 g/mol. The molecule has 1 N–H and O–H groups in total. The number of nitrogens with one attached hydrogen (secondary N) is 1. The number of aryl methyl sites for hydroxylation is 3. The number of benzene rings is 1. The van der Waals surface area contributed by atoms with E-state index in [4.69, 9.17) is 9.47 Å². The number of esters is 1. The Labute approximate surface area is 157 Å². The van der Waals surface area contributed by atoms with Crippen LogP contribution in [0.5, 0.6) is 5.75 Å². The number of hydrogen-bond acceptors (Lipinski definition) is 5. The molecular formula is C20H23NO4S. The number of carbonyl (C=O) groups is 2. The van der Waals surface area contributed by atoms with Gasteiger partial charge in [-0.2, -0.15) is 0 Å². The second-order valence-corrected chi connectivity index (χ2v) is 7.62. The minimum Gasteiger partial charge on any atom is -0.483 e. The highest BCUT2D eigenvalue weighted by atomic mass is 32.1. The SMILES string of the molecule is COC(=O)c1c(NC(=O)COc2cc(C)ccc2C)sc2c1CCCC2. The van der Waals surface area contributed by atoms with Crippen LogP contribution in [0.3, 0.4) is 0 Å². The molecule has 1 amide bonds. The van der Waals surface area contributed by atoms with Gasteiger partial charge in [-0.15, -0.1) is 11.3 Å². The summed E-state index contributed by atoms with van der Waals surface area (Å²) in [4.78, 5) is 25.8. The predicted molar refractivity (Wildman–Crippen MR) is 102 cm³/mol. The lowest BCUT2D eigenvalue weighted by Gasteiger charge is -2.12. The molecule has 138 valence electrons. The van der Waals surface area contributed by atoms with Gasteiger partial charge < -0.3 is 14.8 Å². The molecule has 1 aromatic heterocycles. The quantitative estimate of drug-likeness (QED) is 0.803. The zero-order chi connectivity index (χ0) is 18.7. The second-order valence-electron chi connectivity index (χ2n) is 6.51. The summed E-state index contributed by atoms with van der Waals surface area (Å²) in [5.41, 5.74) is 3.58. The van der Waals surface area contributed by atoms with Gasteiger partial charge in [-0.3, -0.25) is 4.79 Å². The molecule has 0 radical (unpaired) electrons. The van der Waals surface area contributed by atoms with Gasteiger partial charge >= 0.3 is 5.97 Å².